The first-order chi connectivity index (χ1) is 19.2. The summed E-state index contributed by atoms with van der Waals surface area (Å²) in [5.74, 6) is 0.757. The van der Waals surface area contributed by atoms with Crippen LogP contribution in [-0.4, -0.2) is 34.3 Å². The van der Waals surface area contributed by atoms with Crippen LogP contribution < -0.4 is 10.6 Å². The molecule has 2 amide bonds. The molecule has 7 heteroatoms. The van der Waals surface area contributed by atoms with Gasteiger partial charge in [-0.05, 0) is 91.8 Å². The Morgan fingerprint density at radius 2 is 1.90 bits per heavy atom. The van der Waals surface area contributed by atoms with Gasteiger partial charge < -0.3 is 15.5 Å². The van der Waals surface area contributed by atoms with Gasteiger partial charge in [0.25, 0.3) is 5.91 Å². The Kier molecular flexibility index (Phi) is 7.24. The number of carbonyl (C=O) groups excluding carboxylic acids is 2. The van der Waals surface area contributed by atoms with E-state index < -0.39 is 0 Å². The highest BCUT2D eigenvalue weighted by molar-refractivity contribution is 8.12. The molecule has 208 valence electrons. The SMILES string of the molecule is CC1CC2CC(C)(NC(=O)C3=CC=C=C(c4ccccc4)S3)CC(NCC(=O)N3Cc4ccc(F)cc4C3)(C1)C2. The minimum Gasteiger partial charge on any atom is -0.346 e. The van der Waals surface area contributed by atoms with Crippen LogP contribution >= 0.6 is 11.8 Å². The van der Waals surface area contributed by atoms with E-state index in [1.807, 2.05) is 42.5 Å². The summed E-state index contributed by atoms with van der Waals surface area (Å²) in [4.78, 5) is 30.2. The molecule has 4 atom stereocenters. The number of carbonyl (C=O) groups is 2. The first-order valence-corrected chi connectivity index (χ1v) is 15.0. The maximum absolute atomic E-state index is 13.7. The highest BCUT2D eigenvalue weighted by Crippen LogP contribution is 2.49. The van der Waals surface area contributed by atoms with Crippen LogP contribution in [0.3, 0.4) is 0 Å². The smallest absolute Gasteiger partial charge is 0.258 e. The summed E-state index contributed by atoms with van der Waals surface area (Å²) in [5.41, 5.74) is 5.64. The van der Waals surface area contributed by atoms with Crippen LogP contribution in [-0.2, 0) is 22.7 Å². The third-order valence-corrected chi connectivity index (χ3v) is 9.92. The van der Waals surface area contributed by atoms with E-state index in [-0.39, 0.29) is 35.3 Å². The number of nitrogens with zero attached hydrogens (tertiary/aromatic N) is 1. The molecular weight excluding hydrogens is 521 g/mol. The van der Waals surface area contributed by atoms with E-state index in [2.05, 4.69) is 30.2 Å². The molecule has 2 bridgehead atoms. The Bertz CT molecular complexity index is 1430. The number of fused-ring (bicyclic) bond motifs is 3. The number of allylic oxidation sites excluding steroid dienone is 2. The van der Waals surface area contributed by atoms with Crippen molar-refractivity contribution in [3.8, 4) is 0 Å². The Balaban J connectivity index is 1.12. The second-order valence-corrected chi connectivity index (χ2v) is 13.5. The molecule has 2 aromatic rings. The third kappa shape index (κ3) is 5.69. The molecule has 40 heavy (non-hydrogen) atoms. The molecule has 2 aliphatic heterocycles. The zero-order valence-electron chi connectivity index (χ0n) is 23.1. The molecule has 5 nitrogen and oxygen atoms in total. The number of amides is 2. The zero-order chi connectivity index (χ0) is 27.9. The van der Waals surface area contributed by atoms with Crippen molar-refractivity contribution in [3.63, 3.8) is 0 Å². The number of nitrogens with one attached hydrogen (secondary N) is 2. The zero-order valence-corrected chi connectivity index (χ0v) is 24.0. The minimum absolute atomic E-state index is 0.0350. The average Bonchev–Trinajstić information content (AvgIpc) is 3.35. The molecule has 2 heterocycles. The molecule has 4 unspecified atom stereocenters. The molecule has 2 fully saturated rings. The quantitative estimate of drug-likeness (QED) is 0.433. The number of benzene rings is 2. The molecule has 2 aromatic carbocycles. The summed E-state index contributed by atoms with van der Waals surface area (Å²) in [6, 6.07) is 14.8. The highest BCUT2D eigenvalue weighted by atomic mass is 32.2. The van der Waals surface area contributed by atoms with Crippen LogP contribution in [0.2, 0.25) is 0 Å². The summed E-state index contributed by atoms with van der Waals surface area (Å²) < 4.78 is 13.7. The van der Waals surface area contributed by atoms with Gasteiger partial charge in [-0.25, -0.2) is 4.39 Å². The molecular formula is C33H36FN3O2S. The van der Waals surface area contributed by atoms with Crippen LogP contribution in [0.5, 0.6) is 0 Å². The molecule has 0 radical (unpaired) electrons. The predicted octanol–water partition coefficient (Wildman–Crippen LogP) is 5.93. The van der Waals surface area contributed by atoms with Crippen molar-refractivity contribution in [2.75, 3.05) is 6.54 Å². The van der Waals surface area contributed by atoms with Crippen LogP contribution in [0.15, 0.2) is 71.3 Å². The Labute approximate surface area is 240 Å². The van der Waals surface area contributed by atoms with E-state index in [1.165, 1.54) is 23.9 Å². The lowest BCUT2D eigenvalue weighted by molar-refractivity contribution is -0.132. The van der Waals surface area contributed by atoms with Gasteiger partial charge in [-0.3, -0.25) is 9.59 Å². The summed E-state index contributed by atoms with van der Waals surface area (Å²) >= 11 is 1.46. The number of hydrogen-bond acceptors (Lipinski definition) is 4. The van der Waals surface area contributed by atoms with Crippen LogP contribution in [0, 0.1) is 17.7 Å². The topological polar surface area (TPSA) is 61.4 Å². The predicted molar refractivity (Wildman–Crippen MR) is 157 cm³/mol. The van der Waals surface area contributed by atoms with E-state index in [4.69, 9.17) is 0 Å². The van der Waals surface area contributed by atoms with Gasteiger partial charge in [0.2, 0.25) is 5.91 Å². The van der Waals surface area contributed by atoms with Crippen molar-refractivity contribution in [2.24, 2.45) is 11.8 Å². The van der Waals surface area contributed by atoms with E-state index in [9.17, 15) is 14.0 Å². The molecule has 2 saturated carbocycles. The molecule has 0 spiro atoms. The second kappa shape index (κ2) is 10.7. The normalized spacial score (nSPS) is 28.9. The minimum atomic E-state index is -0.378. The van der Waals surface area contributed by atoms with Crippen LogP contribution in [0.25, 0.3) is 4.91 Å². The monoisotopic (exact) mass is 557 g/mol. The molecule has 6 rings (SSSR count). The summed E-state index contributed by atoms with van der Waals surface area (Å²) in [6.45, 7) is 5.68. The summed E-state index contributed by atoms with van der Waals surface area (Å²) in [5, 5.41) is 7.10. The maximum Gasteiger partial charge on any atom is 0.258 e. The molecule has 2 N–H and O–H groups in total. The Hall–Kier alpha value is -3.12. The van der Waals surface area contributed by atoms with Gasteiger partial charge in [0.1, 0.15) is 5.82 Å². The summed E-state index contributed by atoms with van der Waals surface area (Å²) in [7, 11) is 0. The van der Waals surface area contributed by atoms with Crippen molar-refractivity contribution >= 4 is 28.5 Å². The largest absolute Gasteiger partial charge is 0.346 e. The average molecular weight is 558 g/mol. The number of rotatable bonds is 6. The first kappa shape index (κ1) is 27.1. The molecule has 0 aromatic heterocycles. The van der Waals surface area contributed by atoms with Crippen molar-refractivity contribution in [3.05, 3.63) is 93.8 Å². The van der Waals surface area contributed by atoms with Gasteiger partial charge in [0, 0.05) is 24.2 Å². The second-order valence-electron chi connectivity index (χ2n) is 12.4. The van der Waals surface area contributed by atoms with Crippen LogP contribution in [0.4, 0.5) is 4.39 Å². The highest BCUT2D eigenvalue weighted by Gasteiger charge is 2.50. The fraction of sp³-hybridized carbons (Fsp3) is 0.424. The number of thioether (sulfide) groups is 1. The van der Waals surface area contributed by atoms with Gasteiger partial charge in [0.05, 0.1) is 16.4 Å². The van der Waals surface area contributed by atoms with E-state index in [0.717, 1.165) is 53.7 Å². The standard InChI is InChI=1S/C33H36FN3O2S/c1-22-13-23-16-32(2,36-31(39)29-10-6-9-28(40-29)24-7-4-3-5-8-24)21-33(15-22,17-23)35-18-30(38)37-19-25-11-12-27(34)14-26(25)20-37/h3-8,10-12,14,22-23,35H,13,15-21H2,1-2H3,(H,36,39). The van der Waals surface area contributed by atoms with Crippen molar-refractivity contribution in [1.82, 2.24) is 15.5 Å². The maximum atomic E-state index is 13.7. The number of halogens is 1. The van der Waals surface area contributed by atoms with Gasteiger partial charge in [-0.1, -0.05) is 55.1 Å². The van der Waals surface area contributed by atoms with Crippen LogP contribution in [0.1, 0.15) is 62.6 Å². The van der Waals surface area contributed by atoms with Crippen molar-refractivity contribution in [1.29, 1.82) is 0 Å². The lowest BCUT2D eigenvalue weighted by Crippen LogP contribution is -2.64. The van der Waals surface area contributed by atoms with Crippen molar-refractivity contribution in [2.45, 2.75) is 70.1 Å². The summed E-state index contributed by atoms with van der Waals surface area (Å²) in [6.07, 6.45) is 8.51. The third-order valence-electron chi connectivity index (χ3n) is 8.82. The van der Waals surface area contributed by atoms with Gasteiger partial charge in [-0.15, -0.1) is 5.73 Å². The lowest BCUT2D eigenvalue weighted by atomic mass is 9.58. The van der Waals surface area contributed by atoms with E-state index in [1.54, 1.807) is 11.0 Å². The Morgan fingerprint density at radius 3 is 2.73 bits per heavy atom. The van der Waals surface area contributed by atoms with Crippen molar-refractivity contribution < 1.29 is 14.0 Å². The van der Waals surface area contributed by atoms with E-state index in [0.29, 0.717) is 29.8 Å². The van der Waals surface area contributed by atoms with Gasteiger partial charge in [0.15, 0.2) is 0 Å². The molecule has 2 aliphatic carbocycles. The fourth-order valence-corrected chi connectivity index (χ4v) is 8.45. The number of hydrogen-bond donors (Lipinski definition) is 2. The molecule has 4 aliphatic rings. The van der Waals surface area contributed by atoms with E-state index >= 15 is 0 Å². The van der Waals surface area contributed by atoms with Gasteiger partial charge >= 0.3 is 0 Å². The Morgan fingerprint density at radius 1 is 1.10 bits per heavy atom. The fourth-order valence-electron chi connectivity index (χ4n) is 7.57. The first-order valence-electron chi connectivity index (χ1n) is 14.2. The van der Waals surface area contributed by atoms with Gasteiger partial charge in [-0.2, -0.15) is 0 Å². The lowest BCUT2D eigenvalue weighted by Gasteiger charge is -2.55. The molecule has 0 saturated heterocycles.